The van der Waals surface area contributed by atoms with Gasteiger partial charge < -0.3 is 10.1 Å². The molecule has 1 heterocycles. The molecule has 0 bridgehead atoms. The van der Waals surface area contributed by atoms with Gasteiger partial charge in [0.2, 0.25) is 0 Å². The minimum Gasteiger partial charge on any atom is -0.461 e. The van der Waals surface area contributed by atoms with Crippen LogP contribution in [0.4, 0.5) is 0 Å². The number of carbonyl (C=O) groups is 2. The van der Waals surface area contributed by atoms with Crippen molar-refractivity contribution >= 4 is 23.2 Å². The number of thiophene rings is 1. The van der Waals surface area contributed by atoms with Crippen LogP contribution in [0.2, 0.25) is 0 Å². The van der Waals surface area contributed by atoms with Gasteiger partial charge in [-0.3, -0.25) is 4.79 Å². The van der Waals surface area contributed by atoms with E-state index >= 15 is 0 Å². The molecule has 0 aliphatic rings. The van der Waals surface area contributed by atoms with Crippen LogP contribution in [0.5, 0.6) is 0 Å². The third kappa shape index (κ3) is 5.42. The molecule has 1 amide bonds. The van der Waals surface area contributed by atoms with Crippen LogP contribution in [0, 0.1) is 5.92 Å². The molecule has 0 aliphatic heterocycles. The molecule has 1 aromatic heterocycles. The van der Waals surface area contributed by atoms with Gasteiger partial charge in [0.25, 0.3) is 5.91 Å². The summed E-state index contributed by atoms with van der Waals surface area (Å²) in [6, 6.07) is 2.89. The largest absolute Gasteiger partial charge is 0.461 e. The molecule has 1 rings (SSSR count). The van der Waals surface area contributed by atoms with Crippen LogP contribution >= 0.6 is 11.3 Å². The molecule has 0 aromatic carbocycles. The highest BCUT2D eigenvalue weighted by molar-refractivity contribution is 7.12. The third-order valence-electron chi connectivity index (χ3n) is 2.57. The Balaban J connectivity index is 2.42. The van der Waals surface area contributed by atoms with Crippen molar-refractivity contribution in [3.8, 4) is 0 Å². The average Bonchev–Trinajstić information content (AvgIpc) is 2.80. The van der Waals surface area contributed by atoms with Crippen molar-refractivity contribution in [1.29, 1.82) is 0 Å². The summed E-state index contributed by atoms with van der Waals surface area (Å²) in [5.74, 6) is -0.159. The Morgan fingerprint density at radius 3 is 2.53 bits per heavy atom. The van der Waals surface area contributed by atoms with Crippen molar-refractivity contribution in [2.24, 2.45) is 5.92 Å². The molecule has 5 heteroatoms. The van der Waals surface area contributed by atoms with E-state index in [-0.39, 0.29) is 12.0 Å². The van der Waals surface area contributed by atoms with Crippen molar-refractivity contribution in [3.63, 3.8) is 0 Å². The molecule has 106 valence electrons. The molecule has 1 aromatic rings. The average molecular weight is 283 g/mol. The van der Waals surface area contributed by atoms with E-state index in [1.54, 1.807) is 19.1 Å². The number of nitrogens with one attached hydrogen (secondary N) is 1. The van der Waals surface area contributed by atoms with E-state index in [2.05, 4.69) is 19.2 Å². The van der Waals surface area contributed by atoms with E-state index in [4.69, 9.17) is 4.74 Å². The maximum atomic E-state index is 11.8. The molecule has 1 N–H and O–H groups in total. The first-order valence-electron chi connectivity index (χ1n) is 6.45. The molecule has 0 aliphatic carbocycles. The van der Waals surface area contributed by atoms with Crippen LogP contribution in [0.15, 0.2) is 17.5 Å². The maximum Gasteiger partial charge on any atom is 0.328 e. The lowest BCUT2D eigenvalue weighted by Crippen LogP contribution is -2.40. The normalized spacial score (nSPS) is 13.9. The molecular formula is C14H21NO3S. The van der Waals surface area contributed by atoms with Crippen molar-refractivity contribution < 1.29 is 14.3 Å². The van der Waals surface area contributed by atoms with Gasteiger partial charge in [-0.05, 0) is 37.6 Å². The number of hydrogen-bond donors (Lipinski definition) is 1. The second kappa shape index (κ2) is 7.28. The molecule has 0 saturated heterocycles. The minimum absolute atomic E-state index is 0.131. The van der Waals surface area contributed by atoms with Gasteiger partial charge in [0.05, 0.1) is 11.0 Å². The summed E-state index contributed by atoms with van der Waals surface area (Å²) in [5.41, 5.74) is 0. The highest BCUT2D eigenvalue weighted by Crippen LogP contribution is 2.10. The highest BCUT2D eigenvalue weighted by atomic mass is 32.1. The fraction of sp³-hybridized carbons (Fsp3) is 0.571. The first kappa shape index (κ1) is 15.7. The Labute approximate surface area is 118 Å². The lowest BCUT2D eigenvalue weighted by molar-refractivity contribution is -0.150. The summed E-state index contributed by atoms with van der Waals surface area (Å²) < 4.78 is 5.29. The van der Waals surface area contributed by atoms with E-state index in [1.807, 2.05) is 12.3 Å². The van der Waals surface area contributed by atoms with Gasteiger partial charge in [-0.2, -0.15) is 0 Å². The zero-order valence-corrected chi connectivity index (χ0v) is 12.6. The summed E-state index contributed by atoms with van der Waals surface area (Å²) in [4.78, 5) is 24.2. The number of esters is 1. The summed E-state index contributed by atoms with van der Waals surface area (Å²) in [6.07, 6.45) is 0.686. The van der Waals surface area contributed by atoms with Gasteiger partial charge >= 0.3 is 5.97 Å². The summed E-state index contributed by atoms with van der Waals surface area (Å²) in [7, 11) is 0. The number of hydrogen-bond acceptors (Lipinski definition) is 4. The Morgan fingerprint density at radius 2 is 2.00 bits per heavy atom. The molecule has 0 spiro atoms. The van der Waals surface area contributed by atoms with Crippen LogP contribution in [0.1, 0.15) is 43.8 Å². The molecular weight excluding hydrogens is 262 g/mol. The Bertz CT molecular complexity index is 414. The van der Waals surface area contributed by atoms with E-state index < -0.39 is 12.0 Å². The molecule has 2 atom stereocenters. The first-order chi connectivity index (χ1) is 8.90. The van der Waals surface area contributed by atoms with Gasteiger partial charge in [0.15, 0.2) is 0 Å². The summed E-state index contributed by atoms with van der Waals surface area (Å²) in [5, 5.41) is 4.46. The lowest BCUT2D eigenvalue weighted by atomic mass is 10.1. The number of rotatable bonds is 6. The smallest absolute Gasteiger partial charge is 0.328 e. The summed E-state index contributed by atoms with van der Waals surface area (Å²) in [6.45, 7) is 7.65. The first-order valence-corrected chi connectivity index (χ1v) is 7.33. The Hall–Kier alpha value is -1.36. The molecule has 0 fully saturated rings. The molecule has 4 nitrogen and oxygen atoms in total. The fourth-order valence-corrected chi connectivity index (χ4v) is 2.37. The van der Waals surface area contributed by atoms with Crippen LogP contribution in [-0.4, -0.2) is 24.0 Å². The van der Waals surface area contributed by atoms with Crippen molar-refractivity contribution in [2.45, 2.75) is 46.3 Å². The van der Waals surface area contributed by atoms with Crippen molar-refractivity contribution in [1.82, 2.24) is 5.32 Å². The molecule has 2 unspecified atom stereocenters. The predicted molar refractivity (Wildman–Crippen MR) is 76.3 cm³/mol. The molecule has 19 heavy (non-hydrogen) atoms. The van der Waals surface area contributed by atoms with Crippen molar-refractivity contribution in [2.75, 3.05) is 0 Å². The maximum absolute atomic E-state index is 11.8. The highest BCUT2D eigenvalue weighted by Gasteiger charge is 2.20. The zero-order valence-electron chi connectivity index (χ0n) is 11.8. The Morgan fingerprint density at radius 1 is 1.32 bits per heavy atom. The van der Waals surface area contributed by atoms with Gasteiger partial charge in [0, 0.05) is 0 Å². The minimum atomic E-state index is -0.635. The standard InChI is InChI=1S/C14H21NO3S/c1-9(2)8-10(3)18-14(17)11(4)15-13(16)12-6-5-7-19-12/h5-7,9-11H,8H2,1-4H3,(H,15,16). The van der Waals surface area contributed by atoms with Crippen LogP contribution in [0.25, 0.3) is 0 Å². The molecule has 0 radical (unpaired) electrons. The second-order valence-electron chi connectivity index (χ2n) is 5.05. The molecule has 0 saturated carbocycles. The number of ether oxygens (including phenoxy) is 1. The zero-order chi connectivity index (χ0) is 14.4. The lowest BCUT2D eigenvalue weighted by Gasteiger charge is -2.18. The van der Waals surface area contributed by atoms with Gasteiger partial charge in [-0.1, -0.05) is 19.9 Å². The van der Waals surface area contributed by atoms with E-state index in [1.165, 1.54) is 11.3 Å². The van der Waals surface area contributed by atoms with Crippen molar-refractivity contribution in [3.05, 3.63) is 22.4 Å². The van der Waals surface area contributed by atoms with Crippen LogP contribution in [-0.2, 0) is 9.53 Å². The second-order valence-corrected chi connectivity index (χ2v) is 6.00. The third-order valence-corrected chi connectivity index (χ3v) is 3.44. The SMILES string of the molecule is CC(C)CC(C)OC(=O)C(C)NC(=O)c1cccs1. The van der Waals surface area contributed by atoms with E-state index in [0.717, 1.165) is 6.42 Å². The van der Waals surface area contributed by atoms with Gasteiger partial charge in [0.1, 0.15) is 6.04 Å². The Kier molecular flexibility index (Phi) is 6.02. The number of carbonyl (C=O) groups excluding carboxylic acids is 2. The van der Waals surface area contributed by atoms with Gasteiger partial charge in [-0.15, -0.1) is 11.3 Å². The fourth-order valence-electron chi connectivity index (χ4n) is 1.75. The van der Waals surface area contributed by atoms with E-state index in [9.17, 15) is 9.59 Å². The predicted octanol–water partition coefficient (Wildman–Crippen LogP) is 2.84. The topological polar surface area (TPSA) is 55.4 Å². The summed E-state index contributed by atoms with van der Waals surface area (Å²) >= 11 is 1.34. The van der Waals surface area contributed by atoms with Crippen LogP contribution in [0.3, 0.4) is 0 Å². The monoisotopic (exact) mass is 283 g/mol. The van der Waals surface area contributed by atoms with Crippen LogP contribution < -0.4 is 5.32 Å². The van der Waals surface area contributed by atoms with E-state index in [0.29, 0.717) is 10.8 Å². The van der Waals surface area contributed by atoms with Gasteiger partial charge in [-0.25, -0.2) is 4.79 Å². The number of amides is 1. The quantitative estimate of drug-likeness (QED) is 0.817.